The summed E-state index contributed by atoms with van der Waals surface area (Å²) in [6, 6.07) is 0.751. The molecule has 0 bridgehead atoms. The summed E-state index contributed by atoms with van der Waals surface area (Å²) in [5, 5.41) is 6.36. The molecule has 104 valence electrons. The van der Waals surface area contributed by atoms with E-state index in [-0.39, 0.29) is 5.91 Å². The minimum absolute atomic E-state index is 0.225. The molecule has 2 fully saturated rings. The van der Waals surface area contributed by atoms with Crippen LogP contribution in [-0.2, 0) is 4.79 Å². The van der Waals surface area contributed by atoms with Gasteiger partial charge in [0.2, 0.25) is 5.91 Å². The quantitative estimate of drug-likeness (QED) is 0.741. The van der Waals surface area contributed by atoms with Gasteiger partial charge in [-0.1, -0.05) is 12.8 Å². The second-order valence-corrected chi connectivity index (χ2v) is 5.83. The summed E-state index contributed by atoms with van der Waals surface area (Å²) < 4.78 is 0. The Hall–Kier alpha value is -0.610. The predicted molar refractivity (Wildman–Crippen MR) is 73.5 cm³/mol. The molecule has 1 amide bonds. The van der Waals surface area contributed by atoms with Gasteiger partial charge in [0.05, 0.1) is 0 Å². The number of rotatable bonds is 6. The average molecular weight is 253 g/mol. The third-order valence-corrected chi connectivity index (χ3v) is 4.37. The fraction of sp³-hybridized carbons (Fsp3) is 0.929. The van der Waals surface area contributed by atoms with Gasteiger partial charge in [-0.15, -0.1) is 0 Å². The van der Waals surface area contributed by atoms with Crippen molar-refractivity contribution in [2.45, 2.75) is 44.6 Å². The van der Waals surface area contributed by atoms with Crippen molar-refractivity contribution in [3.8, 4) is 0 Å². The largest absolute Gasteiger partial charge is 0.355 e. The lowest BCUT2D eigenvalue weighted by Gasteiger charge is -2.24. The molecule has 1 heterocycles. The average Bonchev–Trinajstić information content (AvgIpc) is 3.00. The number of carbonyl (C=O) groups is 1. The van der Waals surface area contributed by atoms with E-state index >= 15 is 0 Å². The van der Waals surface area contributed by atoms with Gasteiger partial charge in [-0.05, 0) is 45.3 Å². The summed E-state index contributed by atoms with van der Waals surface area (Å²) in [5.41, 5.74) is 0. The zero-order valence-electron chi connectivity index (χ0n) is 11.6. The second-order valence-electron chi connectivity index (χ2n) is 5.83. The van der Waals surface area contributed by atoms with E-state index in [1.807, 2.05) is 0 Å². The highest BCUT2D eigenvalue weighted by atomic mass is 16.1. The van der Waals surface area contributed by atoms with Crippen LogP contribution < -0.4 is 10.6 Å². The third-order valence-electron chi connectivity index (χ3n) is 4.37. The Kier molecular flexibility index (Phi) is 5.45. The Morgan fingerprint density at radius 2 is 2.11 bits per heavy atom. The highest BCUT2D eigenvalue weighted by molar-refractivity contribution is 5.76. The van der Waals surface area contributed by atoms with E-state index in [4.69, 9.17) is 0 Å². The molecule has 0 spiro atoms. The summed E-state index contributed by atoms with van der Waals surface area (Å²) in [7, 11) is 2.18. The first kappa shape index (κ1) is 13.8. The maximum atomic E-state index is 11.7. The van der Waals surface area contributed by atoms with E-state index in [9.17, 15) is 4.79 Å². The van der Waals surface area contributed by atoms with E-state index in [0.717, 1.165) is 38.6 Å². The summed E-state index contributed by atoms with van der Waals surface area (Å²) >= 11 is 0. The van der Waals surface area contributed by atoms with Crippen molar-refractivity contribution in [2.75, 3.05) is 33.2 Å². The van der Waals surface area contributed by atoms with Gasteiger partial charge in [0, 0.05) is 25.6 Å². The topological polar surface area (TPSA) is 44.4 Å². The van der Waals surface area contributed by atoms with Crippen LogP contribution >= 0.6 is 0 Å². The lowest BCUT2D eigenvalue weighted by atomic mass is 10.0. The first-order valence-corrected chi connectivity index (χ1v) is 7.43. The third kappa shape index (κ3) is 4.25. The molecular weight excluding hydrogens is 226 g/mol. The van der Waals surface area contributed by atoms with Crippen LogP contribution in [0.2, 0.25) is 0 Å². The molecule has 0 aromatic heterocycles. The molecule has 2 N–H and O–H groups in total. The van der Waals surface area contributed by atoms with E-state index in [2.05, 4.69) is 22.6 Å². The molecule has 0 aromatic carbocycles. The number of hydrogen-bond acceptors (Lipinski definition) is 3. The van der Waals surface area contributed by atoms with Crippen LogP contribution in [0, 0.1) is 5.92 Å². The van der Waals surface area contributed by atoms with Crippen LogP contribution in [-0.4, -0.2) is 50.1 Å². The van der Waals surface area contributed by atoms with Crippen LogP contribution in [0.4, 0.5) is 0 Å². The van der Waals surface area contributed by atoms with Crippen molar-refractivity contribution < 1.29 is 4.79 Å². The first-order valence-electron chi connectivity index (χ1n) is 7.43. The van der Waals surface area contributed by atoms with Crippen LogP contribution in [0.15, 0.2) is 0 Å². The van der Waals surface area contributed by atoms with Gasteiger partial charge >= 0.3 is 0 Å². The Bertz CT molecular complexity index is 258. The molecule has 1 saturated carbocycles. The predicted octanol–water partition coefficient (Wildman–Crippen LogP) is 0.977. The second kappa shape index (κ2) is 7.10. The Labute approximate surface area is 110 Å². The van der Waals surface area contributed by atoms with Crippen molar-refractivity contribution in [1.29, 1.82) is 0 Å². The molecule has 2 rings (SSSR count). The van der Waals surface area contributed by atoms with E-state index in [1.54, 1.807) is 0 Å². The van der Waals surface area contributed by atoms with Gasteiger partial charge in [0.15, 0.2) is 0 Å². The van der Waals surface area contributed by atoms with E-state index in [1.165, 1.54) is 25.7 Å². The summed E-state index contributed by atoms with van der Waals surface area (Å²) in [5.74, 6) is 0.779. The number of hydrogen-bond donors (Lipinski definition) is 2. The number of likely N-dealkylation sites (N-methyl/N-ethyl adjacent to an activating group) is 1. The van der Waals surface area contributed by atoms with Gasteiger partial charge in [0.25, 0.3) is 0 Å². The first-order chi connectivity index (χ1) is 8.75. The molecule has 1 atom stereocenters. The maximum Gasteiger partial charge on any atom is 0.220 e. The highest BCUT2D eigenvalue weighted by Crippen LogP contribution is 2.21. The molecule has 4 nitrogen and oxygen atoms in total. The number of amides is 1. The van der Waals surface area contributed by atoms with Crippen molar-refractivity contribution in [2.24, 2.45) is 5.92 Å². The van der Waals surface area contributed by atoms with Gasteiger partial charge in [-0.25, -0.2) is 0 Å². The molecule has 18 heavy (non-hydrogen) atoms. The van der Waals surface area contributed by atoms with E-state index in [0.29, 0.717) is 12.3 Å². The van der Waals surface area contributed by atoms with Gasteiger partial charge in [-0.3, -0.25) is 4.79 Å². The molecule has 0 radical (unpaired) electrons. The summed E-state index contributed by atoms with van der Waals surface area (Å²) in [6.45, 7) is 3.86. The fourth-order valence-electron chi connectivity index (χ4n) is 3.12. The van der Waals surface area contributed by atoms with Gasteiger partial charge in [-0.2, -0.15) is 0 Å². The van der Waals surface area contributed by atoms with E-state index < -0.39 is 0 Å². The van der Waals surface area contributed by atoms with Gasteiger partial charge < -0.3 is 15.5 Å². The summed E-state index contributed by atoms with van der Waals surface area (Å²) in [6.07, 6.45) is 7.25. The molecule has 1 saturated heterocycles. The van der Waals surface area contributed by atoms with Gasteiger partial charge in [0.1, 0.15) is 0 Å². The molecule has 2 aliphatic rings. The Morgan fingerprint density at radius 1 is 1.33 bits per heavy atom. The molecule has 4 heteroatoms. The normalized spacial score (nSPS) is 24.9. The molecule has 0 aromatic rings. The molecule has 1 aliphatic heterocycles. The highest BCUT2D eigenvalue weighted by Gasteiger charge is 2.20. The smallest absolute Gasteiger partial charge is 0.220 e. The Morgan fingerprint density at radius 3 is 2.78 bits per heavy atom. The maximum absolute atomic E-state index is 11.7. The zero-order chi connectivity index (χ0) is 12.8. The minimum atomic E-state index is 0.225. The number of nitrogens with one attached hydrogen (secondary N) is 2. The van der Waals surface area contributed by atoms with Crippen LogP contribution in [0.1, 0.15) is 38.5 Å². The molecule has 1 unspecified atom stereocenters. The minimum Gasteiger partial charge on any atom is -0.355 e. The number of carbonyl (C=O) groups excluding carboxylic acids is 1. The molecule has 1 aliphatic carbocycles. The zero-order valence-corrected chi connectivity index (χ0v) is 11.6. The Balaban J connectivity index is 1.55. The lowest BCUT2D eigenvalue weighted by molar-refractivity contribution is -0.121. The van der Waals surface area contributed by atoms with Crippen molar-refractivity contribution >= 4 is 5.91 Å². The standard InChI is InChI=1S/C14H27N3O/c1-17(13-4-2-3-5-13)9-8-16-14(18)10-12-6-7-15-11-12/h12-13,15H,2-11H2,1H3,(H,16,18). The fourth-order valence-corrected chi connectivity index (χ4v) is 3.12. The monoisotopic (exact) mass is 253 g/mol. The van der Waals surface area contributed by atoms with Crippen molar-refractivity contribution in [1.82, 2.24) is 15.5 Å². The van der Waals surface area contributed by atoms with Crippen LogP contribution in [0.25, 0.3) is 0 Å². The van der Waals surface area contributed by atoms with Crippen LogP contribution in [0.3, 0.4) is 0 Å². The molecular formula is C14H27N3O. The van der Waals surface area contributed by atoms with Crippen molar-refractivity contribution in [3.63, 3.8) is 0 Å². The van der Waals surface area contributed by atoms with Crippen molar-refractivity contribution in [3.05, 3.63) is 0 Å². The van der Waals surface area contributed by atoms with Crippen LogP contribution in [0.5, 0.6) is 0 Å². The SMILES string of the molecule is CN(CCNC(=O)CC1CCNC1)C1CCCC1. The summed E-state index contributed by atoms with van der Waals surface area (Å²) in [4.78, 5) is 14.2. The lowest BCUT2D eigenvalue weighted by Crippen LogP contribution is -2.37. The number of nitrogens with zero attached hydrogens (tertiary/aromatic N) is 1.